The van der Waals surface area contributed by atoms with Gasteiger partial charge >= 0.3 is 0 Å². The number of H-pyrrole nitrogens is 1. The Hall–Kier alpha value is -2.69. The molecule has 0 radical (unpaired) electrons. The van der Waals surface area contributed by atoms with Crippen molar-refractivity contribution < 1.29 is 4.79 Å². The fraction of sp³-hybridized carbons (Fsp3) is 0.278. The van der Waals surface area contributed by atoms with Gasteiger partial charge < -0.3 is 5.73 Å². The summed E-state index contributed by atoms with van der Waals surface area (Å²) in [6, 6.07) is 9.97. The molecule has 3 aromatic rings. The lowest BCUT2D eigenvalue weighted by atomic mass is 9.69. The van der Waals surface area contributed by atoms with Gasteiger partial charge in [-0.1, -0.05) is 18.6 Å². The van der Waals surface area contributed by atoms with Crippen LogP contribution in [0.5, 0.6) is 0 Å². The SMILES string of the molecule is NC(=O)C1(c2ccc3[nH]ncc3c2)CCCC1c1cccnc1. The molecule has 2 aromatic heterocycles. The van der Waals surface area contributed by atoms with Crippen molar-refractivity contribution in [1.29, 1.82) is 0 Å². The van der Waals surface area contributed by atoms with E-state index in [4.69, 9.17) is 5.73 Å². The molecule has 23 heavy (non-hydrogen) atoms. The molecule has 1 aliphatic rings. The highest BCUT2D eigenvalue weighted by Crippen LogP contribution is 2.51. The van der Waals surface area contributed by atoms with Crippen molar-refractivity contribution in [1.82, 2.24) is 15.2 Å². The predicted molar refractivity (Wildman–Crippen MR) is 87.8 cm³/mol. The Labute approximate surface area is 133 Å². The Morgan fingerprint density at radius 2 is 2.22 bits per heavy atom. The van der Waals surface area contributed by atoms with Gasteiger partial charge in [0.1, 0.15) is 0 Å². The molecule has 0 spiro atoms. The molecule has 0 aliphatic heterocycles. The molecular formula is C18H18N4O. The highest BCUT2D eigenvalue weighted by Gasteiger charge is 2.49. The van der Waals surface area contributed by atoms with Crippen molar-refractivity contribution >= 4 is 16.8 Å². The van der Waals surface area contributed by atoms with Crippen molar-refractivity contribution in [3.05, 3.63) is 60.0 Å². The van der Waals surface area contributed by atoms with Gasteiger partial charge in [0.2, 0.25) is 5.91 Å². The van der Waals surface area contributed by atoms with Crippen molar-refractivity contribution in [2.24, 2.45) is 5.73 Å². The van der Waals surface area contributed by atoms with Crippen molar-refractivity contribution in [3.63, 3.8) is 0 Å². The van der Waals surface area contributed by atoms with Crippen LogP contribution < -0.4 is 5.73 Å². The van der Waals surface area contributed by atoms with Gasteiger partial charge in [-0.3, -0.25) is 14.9 Å². The third-order valence-corrected chi connectivity index (χ3v) is 5.14. The van der Waals surface area contributed by atoms with Gasteiger partial charge in [-0.15, -0.1) is 0 Å². The minimum Gasteiger partial charge on any atom is -0.369 e. The molecule has 0 saturated heterocycles. The number of nitrogens with one attached hydrogen (secondary N) is 1. The van der Waals surface area contributed by atoms with E-state index in [0.29, 0.717) is 0 Å². The number of fused-ring (bicyclic) bond motifs is 1. The number of benzene rings is 1. The Bertz CT molecular complexity index is 858. The van der Waals surface area contributed by atoms with Crippen LogP contribution in [-0.4, -0.2) is 21.1 Å². The first-order chi connectivity index (χ1) is 11.2. The number of aromatic nitrogens is 3. The van der Waals surface area contributed by atoms with Crippen LogP contribution in [0.25, 0.3) is 10.9 Å². The Morgan fingerprint density at radius 1 is 1.30 bits per heavy atom. The van der Waals surface area contributed by atoms with Crippen LogP contribution in [-0.2, 0) is 10.2 Å². The van der Waals surface area contributed by atoms with Crippen LogP contribution in [0, 0.1) is 0 Å². The molecule has 5 nitrogen and oxygen atoms in total. The maximum Gasteiger partial charge on any atom is 0.228 e. The summed E-state index contributed by atoms with van der Waals surface area (Å²) in [7, 11) is 0. The van der Waals surface area contributed by atoms with Crippen LogP contribution in [0.3, 0.4) is 0 Å². The van der Waals surface area contributed by atoms with E-state index in [1.54, 1.807) is 12.4 Å². The molecule has 1 aliphatic carbocycles. The zero-order chi connectivity index (χ0) is 15.9. The summed E-state index contributed by atoms with van der Waals surface area (Å²) < 4.78 is 0. The van der Waals surface area contributed by atoms with E-state index >= 15 is 0 Å². The number of nitrogens with zero attached hydrogens (tertiary/aromatic N) is 2. The lowest BCUT2D eigenvalue weighted by Crippen LogP contribution is -2.43. The smallest absolute Gasteiger partial charge is 0.228 e. The Kier molecular flexibility index (Phi) is 3.15. The average Bonchev–Trinajstić information content (AvgIpc) is 3.22. The van der Waals surface area contributed by atoms with Gasteiger partial charge in [0.25, 0.3) is 0 Å². The highest BCUT2D eigenvalue weighted by molar-refractivity contribution is 5.90. The van der Waals surface area contributed by atoms with E-state index in [9.17, 15) is 4.79 Å². The Balaban J connectivity index is 1.89. The van der Waals surface area contributed by atoms with Gasteiger partial charge in [0, 0.05) is 23.7 Å². The first kappa shape index (κ1) is 13.9. The molecule has 1 aromatic carbocycles. The summed E-state index contributed by atoms with van der Waals surface area (Å²) in [6.07, 6.45) is 8.07. The van der Waals surface area contributed by atoms with Crippen LogP contribution in [0.2, 0.25) is 0 Å². The monoisotopic (exact) mass is 306 g/mol. The second-order valence-electron chi connectivity index (χ2n) is 6.24. The average molecular weight is 306 g/mol. The largest absolute Gasteiger partial charge is 0.369 e. The van der Waals surface area contributed by atoms with Crippen LogP contribution in [0.15, 0.2) is 48.9 Å². The number of hydrogen-bond acceptors (Lipinski definition) is 3. The maximum absolute atomic E-state index is 12.6. The minimum absolute atomic E-state index is 0.0676. The number of nitrogens with two attached hydrogens (primary N) is 1. The second kappa shape index (κ2) is 5.19. The van der Waals surface area contributed by atoms with Gasteiger partial charge in [0.05, 0.1) is 17.1 Å². The zero-order valence-electron chi connectivity index (χ0n) is 12.7. The molecule has 1 fully saturated rings. The van der Waals surface area contributed by atoms with Gasteiger partial charge in [-0.2, -0.15) is 5.10 Å². The summed E-state index contributed by atoms with van der Waals surface area (Å²) in [5.41, 5.74) is 8.28. The summed E-state index contributed by atoms with van der Waals surface area (Å²) in [5.74, 6) is -0.190. The van der Waals surface area contributed by atoms with Crippen LogP contribution >= 0.6 is 0 Å². The second-order valence-corrected chi connectivity index (χ2v) is 6.24. The summed E-state index contributed by atoms with van der Waals surface area (Å²) in [4.78, 5) is 16.8. The molecular weight excluding hydrogens is 288 g/mol. The van der Waals surface area contributed by atoms with E-state index in [0.717, 1.165) is 41.3 Å². The van der Waals surface area contributed by atoms with Crippen molar-refractivity contribution in [2.45, 2.75) is 30.6 Å². The quantitative estimate of drug-likeness (QED) is 0.780. The summed E-state index contributed by atoms with van der Waals surface area (Å²) in [6.45, 7) is 0. The normalized spacial score (nSPS) is 24.1. The van der Waals surface area contributed by atoms with E-state index in [1.807, 2.05) is 36.5 Å². The predicted octanol–water partition coefficient (Wildman–Crippen LogP) is 2.65. The van der Waals surface area contributed by atoms with E-state index in [1.165, 1.54) is 0 Å². The fourth-order valence-electron chi connectivity index (χ4n) is 4.04. The molecule has 2 unspecified atom stereocenters. The third kappa shape index (κ3) is 2.04. The molecule has 116 valence electrons. The standard InChI is InChI=1S/C18H18N4O/c19-17(23)18(14-5-6-16-13(9-14)11-21-22-16)7-1-4-15(18)12-3-2-8-20-10-12/h2-3,5-6,8-11,15H,1,4,7H2,(H2,19,23)(H,21,22). The molecule has 3 N–H and O–H groups in total. The van der Waals surface area contributed by atoms with E-state index in [2.05, 4.69) is 15.2 Å². The van der Waals surface area contributed by atoms with E-state index in [-0.39, 0.29) is 11.8 Å². The maximum atomic E-state index is 12.6. The number of primary amides is 1. The van der Waals surface area contributed by atoms with Gasteiger partial charge in [-0.25, -0.2) is 0 Å². The molecule has 1 amide bonds. The van der Waals surface area contributed by atoms with Gasteiger partial charge in [0.15, 0.2) is 0 Å². The Morgan fingerprint density at radius 3 is 3.00 bits per heavy atom. The lowest BCUT2D eigenvalue weighted by Gasteiger charge is -2.33. The lowest BCUT2D eigenvalue weighted by molar-refractivity contribution is -0.123. The summed E-state index contributed by atoms with van der Waals surface area (Å²) >= 11 is 0. The number of amides is 1. The highest BCUT2D eigenvalue weighted by atomic mass is 16.1. The number of aromatic amines is 1. The third-order valence-electron chi connectivity index (χ3n) is 5.14. The number of rotatable bonds is 3. The number of carbonyl (C=O) groups excluding carboxylic acids is 1. The van der Waals surface area contributed by atoms with Gasteiger partial charge in [-0.05, 0) is 42.2 Å². The topological polar surface area (TPSA) is 84.7 Å². The molecule has 2 atom stereocenters. The molecule has 4 rings (SSSR count). The zero-order valence-corrected chi connectivity index (χ0v) is 12.7. The number of pyridine rings is 1. The number of carbonyl (C=O) groups is 1. The fourth-order valence-corrected chi connectivity index (χ4v) is 4.04. The van der Waals surface area contributed by atoms with E-state index < -0.39 is 5.41 Å². The van der Waals surface area contributed by atoms with Crippen molar-refractivity contribution in [2.75, 3.05) is 0 Å². The molecule has 0 bridgehead atoms. The van der Waals surface area contributed by atoms with Crippen molar-refractivity contribution in [3.8, 4) is 0 Å². The number of hydrogen-bond donors (Lipinski definition) is 2. The van der Waals surface area contributed by atoms with Crippen LogP contribution in [0.1, 0.15) is 36.3 Å². The summed E-state index contributed by atoms with van der Waals surface area (Å²) in [5, 5.41) is 8.01. The molecule has 2 heterocycles. The first-order valence-corrected chi connectivity index (χ1v) is 7.85. The first-order valence-electron chi connectivity index (χ1n) is 7.85. The molecule has 5 heteroatoms. The minimum atomic E-state index is -0.672. The van der Waals surface area contributed by atoms with Crippen LogP contribution in [0.4, 0.5) is 0 Å². The molecule has 1 saturated carbocycles.